The normalized spacial score (nSPS) is 39.3. The van der Waals surface area contributed by atoms with Crippen LogP contribution in [0.25, 0.3) is 0 Å². The van der Waals surface area contributed by atoms with Crippen molar-refractivity contribution in [2.45, 2.75) is 31.7 Å². The van der Waals surface area contributed by atoms with Gasteiger partial charge in [-0.25, -0.2) is 0 Å². The van der Waals surface area contributed by atoms with Crippen molar-refractivity contribution in [2.75, 3.05) is 6.61 Å². The Kier molecular flexibility index (Phi) is 2.26. The van der Waals surface area contributed by atoms with Crippen LogP contribution in [0.5, 0.6) is 0 Å². The van der Waals surface area contributed by atoms with Gasteiger partial charge in [0.05, 0.1) is 24.9 Å². The molecule has 0 radical (unpaired) electrons. The van der Waals surface area contributed by atoms with Crippen molar-refractivity contribution in [3.8, 4) is 0 Å². The van der Waals surface area contributed by atoms with Crippen LogP contribution in [0.4, 0.5) is 0 Å². The molecule has 0 spiro atoms. The Morgan fingerprint density at radius 3 is 2.80 bits per heavy atom. The highest BCUT2D eigenvalue weighted by Gasteiger charge is 2.44. The lowest BCUT2D eigenvalue weighted by Gasteiger charge is -2.16. The average Bonchev–Trinajstić information content (AvgIpc) is 2.77. The third-order valence-corrected chi connectivity index (χ3v) is 3.45. The molecule has 15 heavy (non-hydrogen) atoms. The number of rotatable bonds is 1. The quantitative estimate of drug-likeness (QED) is 0.700. The summed E-state index contributed by atoms with van der Waals surface area (Å²) < 4.78 is 11.6. The summed E-state index contributed by atoms with van der Waals surface area (Å²) in [5.74, 6) is 0.558. The van der Waals surface area contributed by atoms with Crippen LogP contribution in [0.1, 0.15) is 25.0 Å². The molecular formula is C13H16O2. The molecule has 0 saturated carbocycles. The largest absolute Gasteiger partial charge is 0.372 e. The molecule has 0 aromatic heterocycles. The highest BCUT2D eigenvalue weighted by Crippen LogP contribution is 2.43. The van der Waals surface area contributed by atoms with E-state index in [0.29, 0.717) is 18.1 Å². The van der Waals surface area contributed by atoms with Crippen LogP contribution < -0.4 is 0 Å². The van der Waals surface area contributed by atoms with Crippen molar-refractivity contribution in [1.82, 2.24) is 0 Å². The van der Waals surface area contributed by atoms with Crippen molar-refractivity contribution in [2.24, 2.45) is 5.92 Å². The predicted octanol–water partition coefficient (Wildman–Crippen LogP) is 2.55. The van der Waals surface area contributed by atoms with E-state index in [1.807, 2.05) is 6.07 Å². The van der Waals surface area contributed by atoms with Gasteiger partial charge in [-0.3, -0.25) is 0 Å². The van der Waals surface area contributed by atoms with Gasteiger partial charge in [-0.15, -0.1) is 0 Å². The number of ether oxygens (including phenoxy) is 2. The van der Waals surface area contributed by atoms with E-state index >= 15 is 0 Å². The summed E-state index contributed by atoms with van der Waals surface area (Å²) in [5, 5.41) is 0. The standard InChI is InChI=1S/C13H16O2/c1-9-7-11-12(15-9)8-14-13(11)10-5-3-2-4-6-10/h2-6,9,11-13H,7-8H2,1H3/t9-,11-,12-,13+/m1/s1. The van der Waals surface area contributed by atoms with Crippen LogP contribution in [0.2, 0.25) is 0 Å². The summed E-state index contributed by atoms with van der Waals surface area (Å²) in [7, 11) is 0. The van der Waals surface area contributed by atoms with Gasteiger partial charge in [0.25, 0.3) is 0 Å². The molecule has 0 unspecified atom stereocenters. The minimum Gasteiger partial charge on any atom is -0.372 e. The molecule has 2 saturated heterocycles. The molecule has 2 aliphatic rings. The van der Waals surface area contributed by atoms with Gasteiger partial charge in [0.1, 0.15) is 0 Å². The van der Waals surface area contributed by atoms with Gasteiger partial charge in [-0.2, -0.15) is 0 Å². The summed E-state index contributed by atoms with van der Waals surface area (Å²) in [6.45, 7) is 2.91. The lowest BCUT2D eigenvalue weighted by atomic mass is 9.91. The van der Waals surface area contributed by atoms with E-state index in [9.17, 15) is 0 Å². The molecule has 2 aliphatic heterocycles. The summed E-state index contributed by atoms with van der Waals surface area (Å²) in [6.07, 6.45) is 2.10. The van der Waals surface area contributed by atoms with Gasteiger partial charge in [-0.05, 0) is 18.9 Å². The molecule has 2 nitrogen and oxygen atoms in total. The Morgan fingerprint density at radius 2 is 2.00 bits per heavy atom. The second kappa shape index (κ2) is 3.62. The summed E-state index contributed by atoms with van der Waals surface area (Å²) in [5.41, 5.74) is 1.29. The first-order valence-electron chi connectivity index (χ1n) is 5.66. The number of hydrogen-bond acceptors (Lipinski definition) is 2. The van der Waals surface area contributed by atoms with Crippen molar-refractivity contribution in [1.29, 1.82) is 0 Å². The van der Waals surface area contributed by atoms with E-state index in [2.05, 4.69) is 31.2 Å². The molecule has 3 rings (SSSR count). The van der Waals surface area contributed by atoms with E-state index in [1.54, 1.807) is 0 Å². The zero-order valence-corrected chi connectivity index (χ0v) is 8.93. The molecule has 0 aliphatic carbocycles. The maximum absolute atomic E-state index is 5.83. The summed E-state index contributed by atoms with van der Waals surface area (Å²) in [6, 6.07) is 10.5. The Hall–Kier alpha value is -0.860. The van der Waals surface area contributed by atoms with Crippen molar-refractivity contribution < 1.29 is 9.47 Å². The molecule has 4 atom stereocenters. The predicted molar refractivity (Wildman–Crippen MR) is 57.6 cm³/mol. The monoisotopic (exact) mass is 204 g/mol. The SMILES string of the molecule is C[C@@H]1C[C@@H]2[C@@H](CO[C@H]2c2ccccc2)O1. The number of hydrogen-bond donors (Lipinski definition) is 0. The molecule has 2 heteroatoms. The van der Waals surface area contributed by atoms with Crippen LogP contribution in [0.15, 0.2) is 30.3 Å². The van der Waals surface area contributed by atoms with Gasteiger partial charge in [0, 0.05) is 5.92 Å². The number of benzene rings is 1. The van der Waals surface area contributed by atoms with Gasteiger partial charge >= 0.3 is 0 Å². The van der Waals surface area contributed by atoms with Crippen LogP contribution >= 0.6 is 0 Å². The summed E-state index contributed by atoms with van der Waals surface area (Å²) >= 11 is 0. The molecule has 2 heterocycles. The van der Waals surface area contributed by atoms with Crippen LogP contribution in [-0.2, 0) is 9.47 Å². The topological polar surface area (TPSA) is 18.5 Å². The molecule has 0 N–H and O–H groups in total. The lowest BCUT2D eigenvalue weighted by Crippen LogP contribution is -2.14. The van der Waals surface area contributed by atoms with E-state index in [-0.39, 0.29) is 6.10 Å². The lowest BCUT2D eigenvalue weighted by molar-refractivity contribution is 0.0164. The fourth-order valence-corrected chi connectivity index (χ4v) is 2.78. The molecule has 0 amide bonds. The second-order valence-corrected chi connectivity index (χ2v) is 4.55. The average molecular weight is 204 g/mol. The summed E-state index contributed by atoms with van der Waals surface area (Å²) in [4.78, 5) is 0. The fourth-order valence-electron chi connectivity index (χ4n) is 2.78. The molecule has 0 bridgehead atoms. The molecule has 1 aromatic carbocycles. The van der Waals surface area contributed by atoms with Gasteiger partial charge in [0.2, 0.25) is 0 Å². The van der Waals surface area contributed by atoms with E-state index < -0.39 is 0 Å². The minimum absolute atomic E-state index is 0.251. The highest BCUT2D eigenvalue weighted by molar-refractivity contribution is 5.20. The second-order valence-electron chi connectivity index (χ2n) is 4.55. The first-order valence-corrected chi connectivity index (χ1v) is 5.66. The zero-order chi connectivity index (χ0) is 10.3. The first kappa shape index (κ1) is 9.37. The third-order valence-electron chi connectivity index (χ3n) is 3.45. The van der Waals surface area contributed by atoms with E-state index in [1.165, 1.54) is 5.56 Å². The smallest absolute Gasteiger partial charge is 0.0881 e. The third kappa shape index (κ3) is 1.58. The molecule has 80 valence electrons. The fraction of sp³-hybridized carbons (Fsp3) is 0.538. The molecular weight excluding hydrogens is 188 g/mol. The van der Waals surface area contributed by atoms with Gasteiger partial charge < -0.3 is 9.47 Å². The van der Waals surface area contributed by atoms with Crippen LogP contribution in [0.3, 0.4) is 0 Å². The maximum atomic E-state index is 5.83. The Labute approximate surface area is 90.2 Å². The zero-order valence-electron chi connectivity index (χ0n) is 8.93. The Bertz CT molecular complexity index is 336. The van der Waals surface area contributed by atoms with Gasteiger partial charge in [-0.1, -0.05) is 30.3 Å². The van der Waals surface area contributed by atoms with E-state index in [4.69, 9.17) is 9.47 Å². The minimum atomic E-state index is 0.251. The van der Waals surface area contributed by atoms with Gasteiger partial charge in [0.15, 0.2) is 0 Å². The van der Waals surface area contributed by atoms with Crippen molar-refractivity contribution >= 4 is 0 Å². The Morgan fingerprint density at radius 1 is 1.20 bits per heavy atom. The maximum Gasteiger partial charge on any atom is 0.0881 e. The van der Waals surface area contributed by atoms with E-state index in [0.717, 1.165) is 13.0 Å². The van der Waals surface area contributed by atoms with Crippen LogP contribution in [0, 0.1) is 5.92 Å². The Balaban J connectivity index is 1.84. The number of fused-ring (bicyclic) bond motifs is 1. The first-order chi connectivity index (χ1) is 7.34. The molecule has 1 aromatic rings. The van der Waals surface area contributed by atoms with Crippen molar-refractivity contribution in [3.63, 3.8) is 0 Å². The van der Waals surface area contributed by atoms with Crippen molar-refractivity contribution in [3.05, 3.63) is 35.9 Å². The van der Waals surface area contributed by atoms with Crippen LogP contribution in [-0.4, -0.2) is 18.8 Å². The highest BCUT2D eigenvalue weighted by atomic mass is 16.6. The molecule has 2 fully saturated rings.